The van der Waals surface area contributed by atoms with Crippen LogP contribution in [-0.4, -0.2) is 19.3 Å². The van der Waals surface area contributed by atoms with Crippen molar-refractivity contribution in [3.05, 3.63) is 23.2 Å². The lowest BCUT2D eigenvalue weighted by atomic mass is 10.3. The van der Waals surface area contributed by atoms with Gasteiger partial charge in [-0.2, -0.15) is 0 Å². The number of nitrogen functional groups attached to an aromatic ring is 1. The Hall–Kier alpha value is -0.930. The zero-order valence-corrected chi connectivity index (χ0v) is 8.46. The van der Waals surface area contributed by atoms with Crippen LogP contribution in [0.5, 0.6) is 5.75 Å². The third kappa shape index (κ3) is 2.11. The lowest BCUT2D eigenvalue weighted by Crippen LogP contribution is -2.16. The zero-order valence-electron chi connectivity index (χ0n) is 7.70. The molecule has 0 radical (unpaired) electrons. The van der Waals surface area contributed by atoms with Crippen LogP contribution in [0.1, 0.15) is 6.42 Å². The number of rotatable bonds is 2. The van der Waals surface area contributed by atoms with Crippen molar-refractivity contribution in [3.8, 4) is 5.75 Å². The first-order valence-electron chi connectivity index (χ1n) is 4.55. The Morgan fingerprint density at radius 2 is 2.36 bits per heavy atom. The summed E-state index contributed by atoms with van der Waals surface area (Å²) in [5.41, 5.74) is 6.32. The average Bonchev–Trinajstić information content (AvgIpc) is 2.62. The number of halogens is 1. The van der Waals surface area contributed by atoms with Crippen molar-refractivity contribution in [1.82, 2.24) is 0 Å². The maximum Gasteiger partial charge on any atom is 0.142 e. The molecule has 1 fully saturated rings. The molecule has 76 valence electrons. The third-order valence-electron chi connectivity index (χ3n) is 2.15. The molecule has 4 heteroatoms. The van der Waals surface area contributed by atoms with Crippen molar-refractivity contribution in [1.29, 1.82) is 0 Å². The lowest BCUT2D eigenvalue weighted by Gasteiger charge is -2.13. The van der Waals surface area contributed by atoms with Gasteiger partial charge >= 0.3 is 0 Å². The molecule has 0 amide bonds. The Balaban J connectivity index is 2.08. The van der Waals surface area contributed by atoms with Gasteiger partial charge in [0.05, 0.1) is 18.9 Å². The Morgan fingerprint density at radius 3 is 3.00 bits per heavy atom. The smallest absolute Gasteiger partial charge is 0.142 e. The van der Waals surface area contributed by atoms with E-state index in [1.807, 2.05) is 0 Å². The highest BCUT2D eigenvalue weighted by Crippen LogP contribution is 2.27. The summed E-state index contributed by atoms with van der Waals surface area (Å²) in [6.07, 6.45) is 1.04. The second-order valence-corrected chi connectivity index (χ2v) is 3.72. The molecule has 0 unspecified atom stereocenters. The summed E-state index contributed by atoms with van der Waals surface area (Å²) in [6.45, 7) is 1.40. The van der Waals surface area contributed by atoms with E-state index in [1.54, 1.807) is 18.2 Å². The molecule has 1 aliphatic rings. The molecule has 1 heterocycles. The van der Waals surface area contributed by atoms with Crippen molar-refractivity contribution in [2.75, 3.05) is 18.9 Å². The molecule has 0 aliphatic carbocycles. The van der Waals surface area contributed by atoms with Gasteiger partial charge in [-0.1, -0.05) is 11.6 Å². The van der Waals surface area contributed by atoms with Gasteiger partial charge in [0.1, 0.15) is 11.9 Å². The highest BCUT2D eigenvalue weighted by molar-refractivity contribution is 6.30. The molecule has 0 aromatic heterocycles. The van der Waals surface area contributed by atoms with Gasteiger partial charge in [0.15, 0.2) is 0 Å². The van der Waals surface area contributed by atoms with Crippen LogP contribution >= 0.6 is 11.6 Å². The molecular formula is C10H12ClNO2. The molecule has 3 nitrogen and oxygen atoms in total. The van der Waals surface area contributed by atoms with Gasteiger partial charge in [0.25, 0.3) is 0 Å². The molecule has 1 aromatic rings. The second-order valence-electron chi connectivity index (χ2n) is 3.29. The number of anilines is 1. The van der Waals surface area contributed by atoms with Crippen molar-refractivity contribution < 1.29 is 9.47 Å². The number of ether oxygens (including phenoxy) is 2. The fraction of sp³-hybridized carbons (Fsp3) is 0.400. The van der Waals surface area contributed by atoms with Gasteiger partial charge in [-0.05, 0) is 18.2 Å². The summed E-state index contributed by atoms with van der Waals surface area (Å²) in [7, 11) is 0. The normalized spacial score (nSPS) is 21.1. The van der Waals surface area contributed by atoms with E-state index < -0.39 is 0 Å². The van der Waals surface area contributed by atoms with Crippen LogP contribution in [0.15, 0.2) is 18.2 Å². The maximum atomic E-state index is 5.77. The minimum Gasteiger partial charge on any atom is -0.486 e. The third-order valence-corrected chi connectivity index (χ3v) is 2.39. The summed E-state index contributed by atoms with van der Waals surface area (Å²) in [5, 5.41) is 0.623. The van der Waals surface area contributed by atoms with Crippen LogP contribution in [0, 0.1) is 0 Å². The first-order valence-corrected chi connectivity index (χ1v) is 4.93. The van der Waals surface area contributed by atoms with E-state index in [0.29, 0.717) is 23.1 Å². The average molecular weight is 214 g/mol. The quantitative estimate of drug-likeness (QED) is 0.766. The fourth-order valence-electron chi connectivity index (χ4n) is 1.41. The summed E-state index contributed by atoms with van der Waals surface area (Å²) in [5.74, 6) is 0.685. The van der Waals surface area contributed by atoms with Crippen LogP contribution in [-0.2, 0) is 4.74 Å². The monoisotopic (exact) mass is 213 g/mol. The van der Waals surface area contributed by atoms with Gasteiger partial charge in [0.2, 0.25) is 0 Å². The number of hydrogen-bond acceptors (Lipinski definition) is 3. The van der Waals surface area contributed by atoms with Crippen molar-refractivity contribution in [2.24, 2.45) is 0 Å². The predicted molar refractivity (Wildman–Crippen MR) is 55.7 cm³/mol. The van der Waals surface area contributed by atoms with Crippen molar-refractivity contribution in [3.63, 3.8) is 0 Å². The topological polar surface area (TPSA) is 44.5 Å². The minimum atomic E-state index is 0.124. The minimum absolute atomic E-state index is 0.124. The molecule has 1 aromatic carbocycles. The van der Waals surface area contributed by atoms with E-state index >= 15 is 0 Å². The van der Waals surface area contributed by atoms with Gasteiger partial charge in [-0.25, -0.2) is 0 Å². The summed E-state index contributed by atoms with van der Waals surface area (Å²) >= 11 is 5.77. The molecular weight excluding hydrogens is 202 g/mol. The standard InChI is InChI=1S/C10H12ClNO2/c11-7-1-2-10(9(12)5-7)14-8-3-4-13-6-8/h1-2,5,8H,3-4,6,12H2/t8-/m0/s1. The Kier molecular flexibility index (Phi) is 2.79. The van der Waals surface area contributed by atoms with Crippen molar-refractivity contribution >= 4 is 17.3 Å². The van der Waals surface area contributed by atoms with Crippen LogP contribution in [0.4, 0.5) is 5.69 Å². The molecule has 1 aliphatic heterocycles. The molecule has 1 atom stereocenters. The van der Waals surface area contributed by atoms with Gasteiger partial charge in [0, 0.05) is 11.4 Å². The lowest BCUT2D eigenvalue weighted by molar-refractivity contribution is 0.142. The van der Waals surface area contributed by atoms with E-state index in [-0.39, 0.29) is 6.10 Å². The molecule has 0 saturated carbocycles. The maximum absolute atomic E-state index is 5.77. The summed E-state index contributed by atoms with van der Waals surface area (Å²) in [6, 6.07) is 5.24. The van der Waals surface area contributed by atoms with E-state index in [4.69, 9.17) is 26.8 Å². The van der Waals surface area contributed by atoms with Crippen LogP contribution in [0.2, 0.25) is 5.02 Å². The van der Waals surface area contributed by atoms with Gasteiger partial charge in [-0.15, -0.1) is 0 Å². The Labute approximate surface area is 87.8 Å². The van der Waals surface area contributed by atoms with Crippen LogP contribution in [0.25, 0.3) is 0 Å². The summed E-state index contributed by atoms with van der Waals surface area (Å²) < 4.78 is 10.9. The fourth-order valence-corrected chi connectivity index (χ4v) is 1.59. The number of hydrogen-bond donors (Lipinski definition) is 1. The highest BCUT2D eigenvalue weighted by Gasteiger charge is 2.17. The number of benzene rings is 1. The van der Waals surface area contributed by atoms with Gasteiger partial charge < -0.3 is 15.2 Å². The predicted octanol–water partition coefficient (Wildman–Crippen LogP) is 2.09. The molecule has 1 saturated heterocycles. The van der Waals surface area contributed by atoms with E-state index in [9.17, 15) is 0 Å². The van der Waals surface area contributed by atoms with E-state index in [0.717, 1.165) is 13.0 Å². The molecule has 0 spiro atoms. The molecule has 0 bridgehead atoms. The van der Waals surface area contributed by atoms with E-state index in [2.05, 4.69) is 0 Å². The van der Waals surface area contributed by atoms with Crippen molar-refractivity contribution in [2.45, 2.75) is 12.5 Å². The Morgan fingerprint density at radius 1 is 1.50 bits per heavy atom. The molecule has 14 heavy (non-hydrogen) atoms. The molecule has 2 N–H and O–H groups in total. The second kappa shape index (κ2) is 4.07. The zero-order chi connectivity index (χ0) is 9.97. The Bertz CT molecular complexity index is 324. The first kappa shape index (κ1) is 9.62. The summed E-state index contributed by atoms with van der Waals surface area (Å²) in [4.78, 5) is 0. The van der Waals surface area contributed by atoms with Gasteiger partial charge in [-0.3, -0.25) is 0 Å². The highest BCUT2D eigenvalue weighted by atomic mass is 35.5. The largest absolute Gasteiger partial charge is 0.486 e. The molecule has 2 rings (SSSR count). The SMILES string of the molecule is Nc1cc(Cl)ccc1O[C@H]1CCOC1. The van der Waals surface area contributed by atoms with E-state index in [1.165, 1.54) is 0 Å². The first-order chi connectivity index (χ1) is 6.75. The van der Waals surface area contributed by atoms with Crippen LogP contribution < -0.4 is 10.5 Å². The van der Waals surface area contributed by atoms with Crippen LogP contribution in [0.3, 0.4) is 0 Å². The number of nitrogens with two attached hydrogens (primary N) is 1.